The minimum atomic E-state index is -2.22. The molecular weight excluding hydrogens is 450 g/mol. The highest BCUT2D eigenvalue weighted by molar-refractivity contribution is 6.28. The van der Waals surface area contributed by atoms with Crippen molar-refractivity contribution >= 4 is 23.6 Å². The zero-order valence-corrected chi connectivity index (χ0v) is 22.1. The number of aryl methyl sites for hydroxylation is 2. The molecule has 2 aliphatic heterocycles. The van der Waals surface area contributed by atoms with Crippen molar-refractivity contribution in [2.24, 2.45) is 10.4 Å². The fourth-order valence-electron chi connectivity index (χ4n) is 4.93. The average Bonchev–Trinajstić information content (AvgIpc) is 3.13. The maximum absolute atomic E-state index is 13.8. The molecule has 35 heavy (non-hydrogen) atoms. The van der Waals surface area contributed by atoms with E-state index in [1.165, 1.54) is 0 Å². The number of esters is 2. The van der Waals surface area contributed by atoms with Crippen LogP contribution in [0.1, 0.15) is 76.4 Å². The number of ketones is 1. The molecule has 8 nitrogen and oxygen atoms in total. The average molecular weight is 486 g/mol. The van der Waals surface area contributed by atoms with Gasteiger partial charge in [-0.25, -0.2) is 14.6 Å². The molecule has 1 spiro atoms. The van der Waals surface area contributed by atoms with Crippen LogP contribution in [0.3, 0.4) is 0 Å². The van der Waals surface area contributed by atoms with Gasteiger partial charge in [-0.1, -0.05) is 26.8 Å². The summed E-state index contributed by atoms with van der Waals surface area (Å²) in [6, 6.07) is 3.54. The summed E-state index contributed by atoms with van der Waals surface area (Å²) in [7, 11) is 0. The maximum Gasteiger partial charge on any atom is 0.353 e. The fraction of sp³-hybridized carbons (Fsp3) is 0.556. The van der Waals surface area contributed by atoms with Gasteiger partial charge in [0, 0.05) is 0 Å². The van der Waals surface area contributed by atoms with Crippen LogP contribution < -0.4 is 4.74 Å². The first-order valence-electron chi connectivity index (χ1n) is 11.9. The number of benzene rings is 1. The highest BCUT2D eigenvalue weighted by Gasteiger charge is 2.64. The third-order valence-electron chi connectivity index (χ3n) is 5.58. The molecule has 1 atom stereocenters. The summed E-state index contributed by atoms with van der Waals surface area (Å²) in [5.41, 5.74) is 0.450. The Morgan fingerprint density at radius 1 is 0.971 bits per heavy atom. The number of carbonyl (C=O) groups excluding carboxylic acids is 3. The Morgan fingerprint density at radius 3 is 2.14 bits per heavy atom. The fourth-order valence-corrected chi connectivity index (χ4v) is 4.93. The van der Waals surface area contributed by atoms with Crippen molar-refractivity contribution in [3.63, 3.8) is 0 Å². The van der Waals surface area contributed by atoms with E-state index < -0.39 is 29.0 Å². The Labute approximate surface area is 206 Å². The number of nitrogens with zero attached hydrogens (tertiary/aromatic N) is 1. The van der Waals surface area contributed by atoms with Gasteiger partial charge in [-0.05, 0) is 70.6 Å². The van der Waals surface area contributed by atoms with Crippen molar-refractivity contribution in [2.45, 2.75) is 80.1 Å². The van der Waals surface area contributed by atoms with Crippen LogP contribution in [0.5, 0.6) is 5.75 Å². The van der Waals surface area contributed by atoms with E-state index in [0.717, 1.165) is 5.56 Å². The van der Waals surface area contributed by atoms with E-state index in [9.17, 15) is 14.4 Å². The Bertz CT molecular complexity index is 1140. The van der Waals surface area contributed by atoms with Gasteiger partial charge in [0.25, 0.3) is 5.78 Å². The van der Waals surface area contributed by atoms with Crippen molar-refractivity contribution < 1.29 is 33.3 Å². The molecule has 0 aliphatic carbocycles. The SMILES string of the molecule is CCOC(=O)C1=C(C(=O)OCC)C2(OC1=NC(C)(C)CC(C)(C)C)Oc1cc(C)cc(C)c1C2=O. The van der Waals surface area contributed by atoms with Crippen molar-refractivity contribution in [1.82, 2.24) is 0 Å². The largest absolute Gasteiger partial charge is 0.462 e. The van der Waals surface area contributed by atoms with E-state index in [4.69, 9.17) is 23.9 Å². The van der Waals surface area contributed by atoms with Gasteiger partial charge in [-0.3, -0.25) is 4.79 Å². The Hall–Kier alpha value is -3.16. The molecule has 190 valence electrons. The van der Waals surface area contributed by atoms with Crippen molar-refractivity contribution in [2.75, 3.05) is 13.2 Å². The molecule has 8 heteroatoms. The number of hydrogen-bond acceptors (Lipinski definition) is 8. The molecule has 0 fully saturated rings. The lowest BCUT2D eigenvalue weighted by atomic mass is 9.82. The van der Waals surface area contributed by atoms with E-state index in [1.807, 2.05) is 26.8 Å². The monoisotopic (exact) mass is 485 g/mol. The molecule has 0 N–H and O–H groups in total. The molecular formula is C27H35NO7. The summed E-state index contributed by atoms with van der Waals surface area (Å²) >= 11 is 0. The topological polar surface area (TPSA) is 100 Å². The van der Waals surface area contributed by atoms with E-state index in [0.29, 0.717) is 12.0 Å². The highest BCUT2D eigenvalue weighted by Crippen LogP contribution is 2.47. The summed E-state index contributed by atoms with van der Waals surface area (Å²) in [6.07, 6.45) is 0.637. The molecule has 2 aliphatic rings. The molecule has 2 heterocycles. The third-order valence-corrected chi connectivity index (χ3v) is 5.58. The normalized spacial score (nSPS) is 20.7. The Morgan fingerprint density at radius 2 is 1.57 bits per heavy atom. The number of hydrogen-bond donors (Lipinski definition) is 0. The minimum Gasteiger partial charge on any atom is -0.462 e. The first-order valence-corrected chi connectivity index (χ1v) is 11.9. The van der Waals surface area contributed by atoms with Crippen LogP contribution in [0.2, 0.25) is 0 Å². The number of rotatable bonds is 6. The van der Waals surface area contributed by atoms with Crippen LogP contribution in [0, 0.1) is 19.3 Å². The van der Waals surface area contributed by atoms with Crippen LogP contribution >= 0.6 is 0 Å². The zero-order chi connectivity index (χ0) is 26.3. The summed E-state index contributed by atoms with van der Waals surface area (Å²) in [4.78, 5) is 45.0. The van der Waals surface area contributed by atoms with Gasteiger partial charge in [0.15, 0.2) is 0 Å². The first kappa shape index (κ1) is 26.4. The molecule has 0 bridgehead atoms. The van der Waals surface area contributed by atoms with E-state index >= 15 is 0 Å². The molecule has 0 radical (unpaired) electrons. The standard InChI is InChI=1S/C27H35NO7/c1-10-32-23(30)19-20(24(31)33-11-2)27(35-22(19)28-26(8,9)14-25(5,6)7)21(29)18-16(4)12-15(3)13-17(18)34-27/h12-13H,10-11,14H2,1-9H3. The molecule has 0 saturated heterocycles. The molecule has 1 aromatic carbocycles. The van der Waals surface area contributed by atoms with Gasteiger partial charge < -0.3 is 18.9 Å². The predicted molar refractivity (Wildman–Crippen MR) is 131 cm³/mol. The van der Waals surface area contributed by atoms with E-state index in [-0.39, 0.29) is 47.0 Å². The van der Waals surface area contributed by atoms with Crippen molar-refractivity contribution in [1.29, 1.82) is 0 Å². The summed E-state index contributed by atoms with van der Waals surface area (Å²) in [6.45, 7) is 17.0. The van der Waals surface area contributed by atoms with Gasteiger partial charge in [0.1, 0.15) is 16.9 Å². The maximum atomic E-state index is 13.8. The van der Waals surface area contributed by atoms with Crippen LogP contribution in [0.15, 0.2) is 28.3 Å². The van der Waals surface area contributed by atoms with E-state index in [2.05, 4.69) is 20.8 Å². The van der Waals surface area contributed by atoms with Gasteiger partial charge in [-0.2, -0.15) is 0 Å². The van der Waals surface area contributed by atoms with Crippen LogP contribution in [-0.4, -0.2) is 48.2 Å². The number of aliphatic imine (C=N–C) groups is 1. The lowest BCUT2D eigenvalue weighted by Gasteiger charge is -2.30. The van der Waals surface area contributed by atoms with Crippen molar-refractivity contribution in [3.05, 3.63) is 40.0 Å². The predicted octanol–water partition coefficient (Wildman–Crippen LogP) is 4.64. The first-order chi connectivity index (χ1) is 16.2. The lowest BCUT2D eigenvalue weighted by Crippen LogP contribution is -2.45. The second-order valence-electron chi connectivity index (χ2n) is 10.8. The van der Waals surface area contributed by atoms with Crippen LogP contribution in [0.25, 0.3) is 0 Å². The number of Topliss-reactive ketones (excluding diaryl/α,β-unsaturated/α-hetero) is 1. The third kappa shape index (κ3) is 4.97. The summed E-state index contributed by atoms with van der Waals surface area (Å²) in [5, 5.41) is 0. The van der Waals surface area contributed by atoms with Crippen LogP contribution in [-0.2, 0) is 23.8 Å². The van der Waals surface area contributed by atoms with Gasteiger partial charge in [0.05, 0.1) is 24.3 Å². The van der Waals surface area contributed by atoms with Gasteiger partial charge >= 0.3 is 17.7 Å². The van der Waals surface area contributed by atoms with Gasteiger partial charge in [-0.15, -0.1) is 0 Å². The lowest BCUT2D eigenvalue weighted by molar-refractivity contribution is -0.144. The highest BCUT2D eigenvalue weighted by atomic mass is 16.7. The quantitative estimate of drug-likeness (QED) is 0.541. The Balaban J connectivity index is 2.29. The molecule has 1 unspecified atom stereocenters. The summed E-state index contributed by atoms with van der Waals surface area (Å²) in [5.74, 6) is -4.44. The molecule has 3 rings (SSSR count). The second-order valence-corrected chi connectivity index (χ2v) is 10.8. The second kappa shape index (κ2) is 9.13. The Kier molecular flexibility index (Phi) is 6.90. The molecule has 0 saturated carbocycles. The van der Waals surface area contributed by atoms with E-state index in [1.54, 1.807) is 26.8 Å². The minimum absolute atomic E-state index is 0.0236. The number of fused-ring (bicyclic) bond motifs is 1. The molecule has 0 aromatic heterocycles. The summed E-state index contributed by atoms with van der Waals surface area (Å²) < 4.78 is 22.7. The zero-order valence-electron chi connectivity index (χ0n) is 22.1. The smallest absolute Gasteiger partial charge is 0.353 e. The molecule has 0 amide bonds. The van der Waals surface area contributed by atoms with Gasteiger partial charge in [0.2, 0.25) is 5.90 Å². The van der Waals surface area contributed by atoms with Crippen molar-refractivity contribution in [3.8, 4) is 5.75 Å². The number of ether oxygens (including phenoxy) is 4. The molecule has 1 aromatic rings. The number of carbonyl (C=O) groups is 3. The van der Waals surface area contributed by atoms with Crippen LogP contribution in [0.4, 0.5) is 0 Å².